The lowest BCUT2D eigenvalue weighted by molar-refractivity contribution is -0.155. The van der Waals surface area contributed by atoms with E-state index in [0.717, 1.165) is 47.9 Å². The van der Waals surface area contributed by atoms with Gasteiger partial charge in [-0.05, 0) is 58.1 Å². The molecule has 138 valence electrons. The number of aryl methyl sites for hydroxylation is 3. The van der Waals surface area contributed by atoms with Crippen LogP contribution in [0, 0.1) is 31.6 Å². The minimum atomic E-state index is -1.000. The van der Waals surface area contributed by atoms with Crippen molar-refractivity contribution in [3.63, 3.8) is 0 Å². The van der Waals surface area contributed by atoms with Crippen LogP contribution in [-0.4, -0.2) is 16.9 Å². The number of carboxylic acids is 1. The van der Waals surface area contributed by atoms with E-state index in [-0.39, 0.29) is 5.78 Å². The predicted octanol–water partition coefficient (Wildman–Crippen LogP) is 5.64. The summed E-state index contributed by atoms with van der Waals surface area (Å²) < 4.78 is 0. The molecular weight excluding hydrogens is 312 g/mol. The van der Waals surface area contributed by atoms with E-state index in [1.165, 1.54) is 0 Å². The molecule has 0 amide bonds. The van der Waals surface area contributed by atoms with Crippen LogP contribution in [-0.2, 0) is 4.79 Å². The highest BCUT2D eigenvalue weighted by Crippen LogP contribution is 2.56. The molecule has 0 aliphatic heterocycles. The van der Waals surface area contributed by atoms with Crippen LogP contribution in [0.5, 0.6) is 0 Å². The van der Waals surface area contributed by atoms with Crippen LogP contribution in [0.4, 0.5) is 0 Å². The first-order valence-electron chi connectivity index (χ1n) is 9.55. The number of carbonyl (C=O) groups is 2. The van der Waals surface area contributed by atoms with Crippen LogP contribution in [0.3, 0.4) is 0 Å². The molecule has 0 spiro atoms. The number of unbranched alkanes of at least 4 members (excludes halogenated alkanes) is 1. The van der Waals surface area contributed by atoms with Gasteiger partial charge in [-0.2, -0.15) is 0 Å². The van der Waals surface area contributed by atoms with Crippen molar-refractivity contribution in [3.05, 3.63) is 34.4 Å². The standard InChI is InChI=1S/C22H32O3/c1-6-7-10-21(5,20(24)25)22(11-8-9-12-22)19(23)18-16(3)13-15(2)14-17(18)4/h13-14H,6-12H2,1-5H3,(H,24,25). The van der Waals surface area contributed by atoms with E-state index in [0.29, 0.717) is 19.3 Å². The Labute approximate surface area is 151 Å². The zero-order chi connectivity index (χ0) is 18.8. The van der Waals surface area contributed by atoms with Crippen molar-refractivity contribution >= 4 is 11.8 Å². The summed E-state index contributed by atoms with van der Waals surface area (Å²) in [6, 6.07) is 4.07. The molecule has 1 aromatic carbocycles. The molecule has 1 unspecified atom stereocenters. The molecule has 1 fully saturated rings. The van der Waals surface area contributed by atoms with Gasteiger partial charge in [0.2, 0.25) is 0 Å². The average Bonchev–Trinajstić information content (AvgIpc) is 3.02. The molecule has 0 radical (unpaired) electrons. The maximum absolute atomic E-state index is 13.8. The number of Topliss-reactive ketones (excluding diaryl/α,β-unsaturated/α-hetero) is 1. The van der Waals surface area contributed by atoms with Crippen LogP contribution >= 0.6 is 0 Å². The summed E-state index contributed by atoms with van der Waals surface area (Å²) >= 11 is 0. The summed E-state index contributed by atoms with van der Waals surface area (Å²) in [6.45, 7) is 9.86. The van der Waals surface area contributed by atoms with Gasteiger partial charge in [-0.25, -0.2) is 0 Å². The second-order valence-electron chi connectivity index (χ2n) is 8.13. The highest BCUT2D eigenvalue weighted by atomic mass is 16.4. The molecule has 1 saturated carbocycles. The molecule has 0 heterocycles. The third-order valence-electron chi connectivity index (χ3n) is 6.35. The summed E-state index contributed by atoms with van der Waals surface area (Å²) in [7, 11) is 0. The van der Waals surface area contributed by atoms with Gasteiger partial charge in [0.05, 0.1) is 5.41 Å². The number of carbonyl (C=O) groups excluding carboxylic acids is 1. The van der Waals surface area contributed by atoms with E-state index in [1.54, 1.807) is 0 Å². The first-order valence-corrected chi connectivity index (χ1v) is 9.55. The number of aliphatic carboxylic acids is 1. The normalized spacial score (nSPS) is 18.8. The molecular formula is C22H32O3. The number of hydrogen-bond acceptors (Lipinski definition) is 2. The van der Waals surface area contributed by atoms with Gasteiger partial charge in [0.25, 0.3) is 0 Å². The van der Waals surface area contributed by atoms with E-state index in [9.17, 15) is 14.7 Å². The van der Waals surface area contributed by atoms with E-state index < -0.39 is 16.8 Å². The summed E-state index contributed by atoms with van der Waals surface area (Å²) in [5.74, 6) is -0.764. The Bertz CT molecular complexity index is 645. The fraction of sp³-hybridized carbons (Fsp3) is 0.636. The number of hydrogen-bond donors (Lipinski definition) is 1. The van der Waals surface area contributed by atoms with Gasteiger partial charge in [-0.3, -0.25) is 9.59 Å². The fourth-order valence-electron chi connectivity index (χ4n) is 4.87. The molecule has 3 heteroatoms. The summed E-state index contributed by atoms with van der Waals surface area (Å²) in [6.07, 6.45) is 5.58. The van der Waals surface area contributed by atoms with Crippen LogP contribution in [0.15, 0.2) is 12.1 Å². The van der Waals surface area contributed by atoms with Crippen molar-refractivity contribution in [2.75, 3.05) is 0 Å². The lowest BCUT2D eigenvalue weighted by atomic mass is 9.57. The smallest absolute Gasteiger partial charge is 0.310 e. The summed E-state index contributed by atoms with van der Waals surface area (Å²) in [5.41, 5.74) is 2.04. The highest BCUT2D eigenvalue weighted by molar-refractivity contribution is 6.06. The van der Waals surface area contributed by atoms with Crippen LogP contribution in [0.25, 0.3) is 0 Å². The Morgan fingerprint density at radius 3 is 2.08 bits per heavy atom. The van der Waals surface area contributed by atoms with Gasteiger partial charge in [0.15, 0.2) is 5.78 Å². The molecule has 25 heavy (non-hydrogen) atoms. The van der Waals surface area contributed by atoms with E-state index in [2.05, 4.69) is 6.92 Å². The quantitative estimate of drug-likeness (QED) is 0.652. The number of rotatable bonds is 7. The lowest BCUT2D eigenvalue weighted by Gasteiger charge is -2.43. The van der Waals surface area contributed by atoms with Crippen LogP contribution in [0.2, 0.25) is 0 Å². The average molecular weight is 344 g/mol. The number of carboxylic acid groups (broad SMARTS) is 1. The minimum Gasteiger partial charge on any atom is -0.481 e. The molecule has 3 nitrogen and oxygen atoms in total. The third-order valence-corrected chi connectivity index (χ3v) is 6.35. The molecule has 1 atom stereocenters. The number of benzene rings is 1. The Morgan fingerprint density at radius 1 is 1.12 bits per heavy atom. The van der Waals surface area contributed by atoms with Gasteiger partial charge >= 0.3 is 5.97 Å². The Kier molecular flexibility index (Phi) is 5.75. The topological polar surface area (TPSA) is 54.4 Å². The Hall–Kier alpha value is -1.64. The van der Waals surface area contributed by atoms with E-state index in [1.807, 2.05) is 39.8 Å². The minimum absolute atomic E-state index is 0.0565. The fourth-order valence-corrected chi connectivity index (χ4v) is 4.87. The second kappa shape index (κ2) is 7.31. The van der Waals surface area contributed by atoms with Crippen LogP contribution in [0.1, 0.15) is 85.8 Å². The maximum atomic E-state index is 13.8. The summed E-state index contributed by atoms with van der Waals surface area (Å²) in [4.78, 5) is 26.1. The zero-order valence-electron chi connectivity index (χ0n) is 16.4. The van der Waals surface area contributed by atoms with E-state index >= 15 is 0 Å². The van der Waals surface area contributed by atoms with Crippen LogP contribution < -0.4 is 0 Å². The number of ketones is 1. The first-order chi connectivity index (χ1) is 11.7. The van der Waals surface area contributed by atoms with Gasteiger partial charge in [-0.1, -0.05) is 50.3 Å². The van der Waals surface area contributed by atoms with Gasteiger partial charge in [0, 0.05) is 11.0 Å². The SMILES string of the molecule is CCCCC(C)(C(=O)O)C1(C(=O)c2c(C)cc(C)cc2C)CCCC1. The molecule has 0 saturated heterocycles. The van der Waals surface area contributed by atoms with Crippen molar-refractivity contribution in [1.29, 1.82) is 0 Å². The zero-order valence-corrected chi connectivity index (χ0v) is 16.4. The maximum Gasteiger partial charge on any atom is 0.310 e. The largest absolute Gasteiger partial charge is 0.481 e. The third kappa shape index (κ3) is 3.26. The molecule has 0 aromatic heterocycles. The Morgan fingerprint density at radius 2 is 1.64 bits per heavy atom. The van der Waals surface area contributed by atoms with Crippen molar-refractivity contribution in [2.45, 2.75) is 79.6 Å². The van der Waals surface area contributed by atoms with Crippen molar-refractivity contribution in [2.24, 2.45) is 10.8 Å². The van der Waals surface area contributed by atoms with Gasteiger partial charge in [0.1, 0.15) is 0 Å². The van der Waals surface area contributed by atoms with Gasteiger partial charge in [-0.15, -0.1) is 0 Å². The monoisotopic (exact) mass is 344 g/mol. The molecule has 0 bridgehead atoms. The molecule has 1 aliphatic carbocycles. The molecule has 1 N–H and O–H groups in total. The highest BCUT2D eigenvalue weighted by Gasteiger charge is 2.58. The van der Waals surface area contributed by atoms with Gasteiger partial charge < -0.3 is 5.11 Å². The van der Waals surface area contributed by atoms with Crippen molar-refractivity contribution in [3.8, 4) is 0 Å². The molecule has 1 aromatic rings. The van der Waals surface area contributed by atoms with Crippen molar-refractivity contribution in [1.82, 2.24) is 0 Å². The first kappa shape index (κ1) is 19.7. The van der Waals surface area contributed by atoms with E-state index in [4.69, 9.17) is 0 Å². The van der Waals surface area contributed by atoms with Crippen molar-refractivity contribution < 1.29 is 14.7 Å². The molecule has 2 rings (SSSR count). The Balaban J connectivity index is 2.60. The molecule has 1 aliphatic rings. The lowest BCUT2D eigenvalue weighted by Crippen LogP contribution is -2.49. The predicted molar refractivity (Wildman–Crippen MR) is 101 cm³/mol. The second-order valence-corrected chi connectivity index (χ2v) is 8.13. The summed E-state index contributed by atoms with van der Waals surface area (Å²) in [5, 5.41) is 10.1.